The first-order valence-corrected chi connectivity index (χ1v) is 7.35. The number of rotatable bonds is 4. The molecule has 0 saturated heterocycles. The van der Waals surface area contributed by atoms with Gasteiger partial charge in [0.2, 0.25) is 10.0 Å². The molecule has 0 amide bonds. The molecule has 0 fully saturated rings. The highest BCUT2D eigenvalue weighted by Crippen LogP contribution is 2.12. The second-order valence-electron chi connectivity index (χ2n) is 4.15. The summed E-state index contributed by atoms with van der Waals surface area (Å²) in [5, 5.41) is 8.68. The van der Waals surface area contributed by atoms with Crippen LogP contribution in [0.3, 0.4) is 0 Å². The Hall–Kier alpha value is -2.59. The van der Waals surface area contributed by atoms with Crippen LogP contribution in [0.15, 0.2) is 42.6 Å². The molecular weight excluding hydrogens is 276 g/mol. The number of benzene rings is 1. The van der Waals surface area contributed by atoms with Crippen LogP contribution in [0.2, 0.25) is 0 Å². The van der Waals surface area contributed by atoms with Crippen LogP contribution in [0.1, 0.15) is 11.1 Å². The monoisotopic (exact) mass is 288 g/mol. The molecule has 0 aliphatic heterocycles. The van der Waals surface area contributed by atoms with Crippen molar-refractivity contribution in [1.29, 1.82) is 5.26 Å². The number of anilines is 2. The molecule has 0 radical (unpaired) electrons. The second-order valence-corrected chi connectivity index (χ2v) is 5.87. The molecule has 0 spiro atoms. The molecule has 6 nitrogen and oxygen atoms in total. The molecule has 3 N–H and O–H groups in total. The summed E-state index contributed by atoms with van der Waals surface area (Å²) < 4.78 is 26.3. The average Bonchev–Trinajstić information content (AvgIpc) is 2.41. The SMILES string of the molecule is N#Cc1ccc(CS(=O)(=O)Nc2ccc(N)cn2)cc1. The zero-order chi connectivity index (χ0) is 14.6. The largest absolute Gasteiger partial charge is 0.397 e. The fraction of sp³-hybridized carbons (Fsp3) is 0.0769. The van der Waals surface area contributed by atoms with Gasteiger partial charge >= 0.3 is 0 Å². The quantitative estimate of drug-likeness (QED) is 0.885. The van der Waals surface area contributed by atoms with Crippen LogP contribution in [0, 0.1) is 11.3 Å². The molecule has 0 atom stereocenters. The topological polar surface area (TPSA) is 109 Å². The molecule has 1 aromatic carbocycles. The Morgan fingerprint density at radius 2 is 1.90 bits per heavy atom. The highest BCUT2D eigenvalue weighted by molar-refractivity contribution is 7.91. The summed E-state index contributed by atoms with van der Waals surface area (Å²) in [6, 6.07) is 11.4. The van der Waals surface area contributed by atoms with Gasteiger partial charge in [-0.1, -0.05) is 12.1 Å². The lowest BCUT2D eigenvalue weighted by molar-refractivity contribution is 0.600. The van der Waals surface area contributed by atoms with E-state index in [0.29, 0.717) is 16.8 Å². The van der Waals surface area contributed by atoms with Gasteiger partial charge in [-0.2, -0.15) is 5.26 Å². The lowest BCUT2D eigenvalue weighted by Crippen LogP contribution is -2.15. The van der Waals surface area contributed by atoms with Crippen LogP contribution in [-0.4, -0.2) is 13.4 Å². The van der Waals surface area contributed by atoms with E-state index in [9.17, 15) is 8.42 Å². The Morgan fingerprint density at radius 3 is 2.45 bits per heavy atom. The van der Waals surface area contributed by atoms with Gasteiger partial charge in [-0.15, -0.1) is 0 Å². The van der Waals surface area contributed by atoms with E-state index >= 15 is 0 Å². The number of nitrogens with one attached hydrogen (secondary N) is 1. The third kappa shape index (κ3) is 3.70. The average molecular weight is 288 g/mol. The third-order valence-electron chi connectivity index (χ3n) is 2.49. The van der Waals surface area contributed by atoms with Crippen LogP contribution >= 0.6 is 0 Å². The van der Waals surface area contributed by atoms with Crippen molar-refractivity contribution in [2.75, 3.05) is 10.5 Å². The van der Waals surface area contributed by atoms with E-state index in [1.54, 1.807) is 30.3 Å². The molecule has 2 aromatic rings. The van der Waals surface area contributed by atoms with E-state index in [1.807, 2.05) is 6.07 Å². The maximum absolute atomic E-state index is 12.0. The van der Waals surface area contributed by atoms with Gasteiger partial charge in [0.25, 0.3) is 0 Å². The number of nitriles is 1. The van der Waals surface area contributed by atoms with Gasteiger partial charge in [0, 0.05) is 0 Å². The highest BCUT2D eigenvalue weighted by atomic mass is 32.2. The minimum Gasteiger partial charge on any atom is -0.397 e. The van der Waals surface area contributed by atoms with Crippen molar-refractivity contribution >= 4 is 21.5 Å². The highest BCUT2D eigenvalue weighted by Gasteiger charge is 2.12. The van der Waals surface area contributed by atoms with Gasteiger partial charge < -0.3 is 5.73 Å². The summed E-state index contributed by atoms with van der Waals surface area (Å²) in [7, 11) is -3.56. The summed E-state index contributed by atoms with van der Waals surface area (Å²) >= 11 is 0. The predicted molar refractivity (Wildman–Crippen MR) is 76.1 cm³/mol. The van der Waals surface area contributed by atoms with Gasteiger partial charge in [0.1, 0.15) is 5.82 Å². The number of pyridine rings is 1. The molecule has 0 unspecified atom stereocenters. The zero-order valence-corrected chi connectivity index (χ0v) is 11.3. The Balaban J connectivity index is 2.10. The molecule has 0 aliphatic rings. The van der Waals surface area contributed by atoms with Crippen LogP contribution in [0.4, 0.5) is 11.5 Å². The van der Waals surface area contributed by atoms with Gasteiger partial charge in [0.05, 0.1) is 29.3 Å². The number of sulfonamides is 1. The molecule has 0 saturated carbocycles. The van der Waals surface area contributed by atoms with Crippen molar-refractivity contribution in [2.24, 2.45) is 0 Å². The van der Waals surface area contributed by atoms with E-state index in [-0.39, 0.29) is 11.6 Å². The maximum atomic E-state index is 12.0. The van der Waals surface area contributed by atoms with Crippen molar-refractivity contribution in [3.63, 3.8) is 0 Å². The summed E-state index contributed by atoms with van der Waals surface area (Å²) in [4.78, 5) is 3.87. The fourth-order valence-electron chi connectivity index (χ4n) is 1.56. The van der Waals surface area contributed by atoms with E-state index in [2.05, 4.69) is 9.71 Å². The van der Waals surface area contributed by atoms with Gasteiger partial charge in [0.15, 0.2) is 0 Å². The molecule has 1 heterocycles. The summed E-state index contributed by atoms with van der Waals surface area (Å²) in [5.74, 6) is 0.0259. The second kappa shape index (κ2) is 5.59. The van der Waals surface area contributed by atoms with Gasteiger partial charge in [-0.05, 0) is 29.8 Å². The Kier molecular flexibility index (Phi) is 3.86. The molecule has 2 rings (SSSR count). The number of aromatic nitrogens is 1. The van der Waals surface area contributed by atoms with Crippen molar-refractivity contribution < 1.29 is 8.42 Å². The maximum Gasteiger partial charge on any atom is 0.238 e. The third-order valence-corrected chi connectivity index (χ3v) is 3.72. The first-order valence-electron chi connectivity index (χ1n) is 5.69. The molecule has 7 heteroatoms. The van der Waals surface area contributed by atoms with Crippen LogP contribution in [0.25, 0.3) is 0 Å². The lowest BCUT2D eigenvalue weighted by Gasteiger charge is -2.07. The van der Waals surface area contributed by atoms with Crippen molar-refractivity contribution in [3.8, 4) is 6.07 Å². The normalized spacial score (nSPS) is 10.8. The molecule has 0 bridgehead atoms. The standard InChI is InChI=1S/C13H12N4O2S/c14-7-10-1-3-11(4-2-10)9-20(18,19)17-13-6-5-12(15)8-16-13/h1-6,8H,9,15H2,(H,16,17). The number of nitrogens with zero attached hydrogens (tertiary/aromatic N) is 2. The molecular formula is C13H12N4O2S. The molecule has 102 valence electrons. The summed E-state index contributed by atoms with van der Waals surface area (Å²) in [6.07, 6.45) is 1.37. The molecule has 0 aliphatic carbocycles. The minimum absolute atomic E-state index is 0.190. The van der Waals surface area contributed by atoms with Crippen molar-refractivity contribution in [3.05, 3.63) is 53.7 Å². The Morgan fingerprint density at radius 1 is 1.20 bits per heavy atom. The lowest BCUT2D eigenvalue weighted by atomic mass is 10.2. The smallest absolute Gasteiger partial charge is 0.238 e. The van der Waals surface area contributed by atoms with E-state index in [1.165, 1.54) is 12.3 Å². The number of nitrogen functional groups attached to an aromatic ring is 1. The van der Waals surface area contributed by atoms with Gasteiger partial charge in [-0.3, -0.25) is 4.72 Å². The van der Waals surface area contributed by atoms with Crippen molar-refractivity contribution in [2.45, 2.75) is 5.75 Å². The summed E-state index contributed by atoms with van der Waals surface area (Å²) in [6.45, 7) is 0. The van der Waals surface area contributed by atoms with Crippen LogP contribution in [-0.2, 0) is 15.8 Å². The Bertz CT molecular complexity index is 731. The molecule has 20 heavy (non-hydrogen) atoms. The van der Waals surface area contributed by atoms with Gasteiger partial charge in [-0.25, -0.2) is 13.4 Å². The number of hydrogen-bond acceptors (Lipinski definition) is 5. The predicted octanol–water partition coefficient (Wildman–Crippen LogP) is 1.48. The Labute approximate surface area is 116 Å². The van der Waals surface area contributed by atoms with E-state index in [0.717, 1.165) is 0 Å². The molecule has 1 aromatic heterocycles. The minimum atomic E-state index is -3.56. The fourth-order valence-corrected chi connectivity index (χ4v) is 2.70. The first kappa shape index (κ1) is 13.8. The van der Waals surface area contributed by atoms with E-state index in [4.69, 9.17) is 11.0 Å². The van der Waals surface area contributed by atoms with Crippen LogP contribution in [0.5, 0.6) is 0 Å². The van der Waals surface area contributed by atoms with Crippen LogP contribution < -0.4 is 10.5 Å². The summed E-state index contributed by atoms with van der Waals surface area (Å²) in [5.41, 5.74) is 7.01. The number of hydrogen-bond donors (Lipinski definition) is 2. The zero-order valence-electron chi connectivity index (χ0n) is 10.4. The van der Waals surface area contributed by atoms with Crippen molar-refractivity contribution in [1.82, 2.24) is 4.98 Å². The first-order chi connectivity index (χ1) is 9.48. The van der Waals surface area contributed by atoms with E-state index < -0.39 is 10.0 Å². The number of nitrogens with two attached hydrogens (primary N) is 1.